The molecule has 0 aromatic carbocycles. The fraction of sp³-hybridized carbons (Fsp3) is 0.762. The van der Waals surface area contributed by atoms with E-state index in [9.17, 15) is 44.7 Å². The highest BCUT2D eigenvalue weighted by atomic mass is 32.2. The van der Waals surface area contributed by atoms with E-state index in [1.807, 2.05) is 0 Å². The Morgan fingerprint density at radius 3 is 2.00 bits per heavy atom. The molecule has 1 saturated heterocycles. The van der Waals surface area contributed by atoms with Crippen LogP contribution in [0.3, 0.4) is 0 Å². The van der Waals surface area contributed by atoms with E-state index in [0.29, 0.717) is 0 Å². The second kappa shape index (κ2) is 10.6. The van der Waals surface area contributed by atoms with E-state index in [-0.39, 0.29) is 44.5 Å². The molecule has 1 fully saturated rings. The largest absolute Gasteiger partial charge is 0.444 e. The zero-order valence-corrected chi connectivity index (χ0v) is 22.4. The predicted molar refractivity (Wildman–Crippen MR) is 124 cm³/mol. The molecular weight excluding hydrogens is 548 g/mol. The van der Waals surface area contributed by atoms with Crippen LogP contribution in [0.2, 0.25) is 0 Å². The van der Waals surface area contributed by atoms with Crippen molar-refractivity contribution >= 4 is 22.1 Å². The zero-order valence-electron chi connectivity index (χ0n) is 21.6. The standard InChI is InChI=1S/C21H31F6N5O5S/c1-13(2)32(38(6,35)36)12-15-11-30(17(33)37-18(3,4)5)7-8-31(15)16-28-9-14(10-29-16)19(34,20(22,23)24)21(25,26)27/h9-10,13,15,34H,7-8,11-12H2,1-6H3/t15-/m1/s1. The molecule has 0 bridgehead atoms. The van der Waals surface area contributed by atoms with Crippen molar-refractivity contribution in [1.82, 2.24) is 19.2 Å². The molecule has 0 radical (unpaired) electrons. The van der Waals surface area contributed by atoms with Crippen LogP contribution in [0.15, 0.2) is 12.4 Å². The van der Waals surface area contributed by atoms with Crippen LogP contribution in [0.1, 0.15) is 40.2 Å². The number of hydrogen-bond acceptors (Lipinski definition) is 8. The van der Waals surface area contributed by atoms with Crippen LogP contribution < -0.4 is 4.90 Å². The van der Waals surface area contributed by atoms with E-state index in [1.165, 1.54) is 9.80 Å². The van der Waals surface area contributed by atoms with Crippen molar-refractivity contribution in [3.63, 3.8) is 0 Å². The molecule has 0 unspecified atom stereocenters. The third kappa shape index (κ3) is 6.97. The Balaban J connectivity index is 2.47. The number of aromatic nitrogens is 2. The first-order valence-electron chi connectivity index (χ1n) is 11.4. The number of aliphatic hydroxyl groups is 1. The van der Waals surface area contributed by atoms with Crippen LogP contribution in [0.5, 0.6) is 0 Å². The first kappa shape index (κ1) is 31.8. The van der Waals surface area contributed by atoms with Crippen LogP contribution in [0.25, 0.3) is 0 Å². The van der Waals surface area contributed by atoms with Crippen molar-refractivity contribution in [2.24, 2.45) is 0 Å². The summed E-state index contributed by atoms with van der Waals surface area (Å²) < 4.78 is 111. The quantitative estimate of drug-likeness (QED) is 0.512. The van der Waals surface area contributed by atoms with Gasteiger partial charge in [0, 0.05) is 50.2 Å². The van der Waals surface area contributed by atoms with Crippen LogP contribution in [-0.4, -0.2) is 101 Å². The Labute approximate surface area is 216 Å². The van der Waals surface area contributed by atoms with E-state index in [2.05, 4.69) is 9.97 Å². The number of piperazine rings is 1. The maximum atomic E-state index is 13.2. The van der Waals surface area contributed by atoms with Gasteiger partial charge in [0.25, 0.3) is 5.60 Å². The average molecular weight is 580 g/mol. The van der Waals surface area contributed by atoms with E-state index < -0.39 is 57.3 Å². The van der Waals surface area contributed by atoms with Gasteiger partial charge in [-0.05, 0) is 34.6 Å². The van der Waals surface area contributed by atoms with Crippen molar-refractivity contribution in [3.05, 3.63) is 18.0 Å². The number of alkyl halides is 6. The maximum absolute atomic E-state index is 13.2. The molecule has 1 N–H and O–H groups in total. The monoisotopic (exact) mass is 579 g/mol. The number of halogens is 6. The van der Waals surface area contributed by atoms with E-state index >= 15 is 0 Å². The minimum absolute atomic E-state index is 0.0200. The maximum Gasteiger partial charge on any atom is 0.430 e. The van der Waals surface area contributed by atoms with Crippen LogP contribution >= 0.6 is 0 Å². The Hall–Kier alpha value is -2.40. The molecule has 1 atom stereocenters. The van der Waals surface area contributed by atoms with Gasteiger partial charge < -0.3 is 19.6 Å². The number of hydrogen-bond donors (Lipinski definition) is 1. The lowest BCUT2D eigenvalue weighted by Crippen LogP contribution is -2.60. The van der Waals surface area contributed by atoms with Gasteiger partial charge in [-0.15, -0.1) is 0 Å². The highest BCUT2D eigenvalue weighted by molar-refractivity contribution is 7.88. The summed E-state index contributed by atoms with van der Waals surface area (Å²) in [6, 6.07) is -1.36. The topological polar surface area (TPSA) is 116 Å². The van der Waals surface area contributed by atoms with E-state index in [4.69, 9.17) is 4.74 Å². The van der Waals surface area contributed by atoms with Crippen LogP contribution in [-0.2, 0) is 20.4 Å². The number of nitrogens with zero attached hydrogens (tertiary/aromatic N) is 5. The summed E-state index contributed by atoms with van der Waals surface area (Å²) in [7, 11) is -3.75. The number of rotatable bonds is 6. The number of carbonyl (C=O) groups excluding carboxylic acids is 1. The van der Waals surface area contributed by atoms with Crippen molar-refractivity contribution in [2.75, 3.05) is 37.3 Å². The first-order valence-corrected chi connectivity index (χ1v) is 13.2. The lowest BCUT2D eigenvalue weighted by molar-refractivity contribution is -0.376. The van der Waals surface area contributed by atoms with Gasteiger partial charge in [0.2, 0.25) is 16.0 Å². The van der Waals surface area contributed by atoms with Crippen LogP contribution in [0.4, 0.5) is 37.1 Å². The van der Waals surface area contributed by atoms with Crippen molar-refractivity contribution in [1.29, 1.82) is 0 Å². The smallest absolute Gasteiger partial charge is 0.430 e. The molecule has 1 aliphatic rings. The zero-order chi connectivity index (χ0) is 29.5. The molecule has 0 aliphatic carbocycles. The molecule has 1 amide bonds. The Morgan fingerprint density at radius 1 is 1.11 bits per heavy atom. The summed E-state index contributed by atoms with van der Waals surface area (Å²) >= 11 is 0. The second-order valence-corrected chi connectivity index (χ2v) is 12.1. The molecule has 0 saturated carbocycles. The van der Waals surface area contributed by atoms with Crippen molar-refractivity contribution in [2.45, 2.75) is 70.3 Å². The highest BCUT2D eigenvalue weighted by Gasteiger charge is 2.71. The first-order chi connectivity index (χ1) is 17.0. The summed E-state index contributed by atoms with van der Waals surface area (Å²) in [5.41, 5.74) is -7.66. The van der Waals surface area contributed by atoms with Crippen molar-refractivity contribution in [3.8, 4) is 0 Å². The molecular formula is C21H31F6N5O5S. The SMILES string of the molecule is CC(C)N(C[C@H]1CN(C(=O)OC(C)(C)C)CCN1c1ncc(C(O)(C(F)(F)F)C(F)(F)F)cn1)S(C)(=O)=O. The molecule has 10 nitrogen and oxygen atoms in total. The Morgan fingerprint density at radius 2 is 1.61 bits per heavy atom. The number of amides is 1. The van der Waals surface area contributed by atoms with Crippen LogP contribution in [0, 0.1) is 0 Å². The molecule has 2 rings (SSSR count). The molecule has 1 aromatic rings. The third-order valence-electron chi connectivity index (χ3n) is 5.66. The molecule has 38 heavy (non-hydrogen) atoms. The summed E-state index contributed by atoms with van der Waals surface area (Å²) in [6.45, 7) is 7.86. The van der Waals surface area contributed by atoms with Gasteiger partial charge in [0.15, 0.2) is 0 Å². The summed E-state index contributed by atoms with van der Waals surface area (Å²) in [4.78, 5) is 22.6. The predicted octanol–water partition coefficient (Wildman–Crippen LogP) is 2.88. The van der Waals surface area contributed by atoms with Gasteiger partial charge in [-0.25, -0.2) is 23.2 Å². The fourth-order valence-corrected chi connectivity index (χ4v) is 5.06. The summed E-state index contributed by atoms with van der Waals surface area (Å²) in [5, 5.41) is 9.59. The highest BCUT2D eigenvalue weighted by Crippen LogP contribution is 2.49. The van der Waals surface area contributed by atoms with Crippen molar-refractivity contribution < 1.29 is 49.4 Å². The number of sulfonamides is 1. The minimum Gasteiger partial charge on any atom is -0.444 e. The van der Waals surface area contributed by atoms with E-state index in [1.54, 1.807) is 34.6 Å². The Bertz CT molecular complexity index is 1080. The lowest BCUT2D eigenvalue weighted by Gasteiger charge is -2.43. The molecule has 218 valence electrons. The molecule has 17 heteroatoms. The van der Waals surface area contributed by atoms with E-state index in [0.717, 1.165) is 10.6 Å². The Kier molecular flexibility index (Phi) is 8.91. The fourth-order valence-electron chi connectivity index (χ4n) is 3.85. The minimum atomic E-state index is -6.11. The van der Waals surface area contributed by atoms with Gasteiger partial charge >= 0.3 is 18.4 Å². The number of ether oxygens (including phenoxy) is 1. The molecule has 1 aromatic heterocycles. The number of carbonyl (C=O) groups is 1. The third-order valence-corrected chi connectivity index (χ3v) is 7.08. The summed E-state index contributed by atoms with van der Waals surface area (Å²) in [6.07, 6.45) is -11.5. The average Bonchev–Trinajstić information content (AvgIpc) is 2.73. The summed E-state index contributed by atoms with van der Waals surface area (Å²) in [5.74, 6) is -0.313. The normalized spacial score (nSPS) is 18.3. The van der Waals surface area contributed by atoms with Gasteiger partial charge in [0.1, 0.15) is 5.60 Å². The van der Waals surface area contributed by atoms with Gasteiger partial charge in [-0.3, -0.25) is 0 Å². The molecule has 1 aliphatic heterocycles. The van der Waals surface area contributed by atoms with Gasteiger partial charge in [-0.2, -0.15) is 30.6 Å². The second-order valence-electron chi connectivity index (χ2n) is 10.2. The lowest BCUT2D eigenvalue weighted by atomic mass is 9.95. The van der Waals surface area contributed by atoms with Gasteiger partial charge in [0.05, 0.1) is 12.3 Å². The molecule has 0 spiro atoms. The van der Waals surface area contributed by atoms with Gasteiger partial charge in [-0.1, -0.05) is 0 Å². The number of anilines is 1. The molecule has 2 heterocycles.